The Morgan fingerprint density at radius 2 is 2.00 bits per heavy atom. The Balaban J connectivity index is 2.29. The molecule has 0 bridgehead atoms. The van der Waals surface area contributed by atoms with Gasteiger partial charge < -0.3 is 9.31 Å². The fraction of sp³-hybridized carbons (Fsp3) is 0.467. The summed E-state index contributed by atoms with van der Waals surface area (Å²) in [5, 5.41) is 8.90. The van der Waals surface area contributed by atoms with Crippen LogP contribution < -0.4 is 0 Å². The molecule has 110 valence electrons. The first-order valence-electron chi connectivity index (χ1n) is 6.82. The number of nitriles is 1. The van der Waals surface area contributed by atoms with Crippen molar-refractivity contribution < 1.29 is 9.31 Å². The van der Waals surface area contributed by atoms with E-state index in [9.17, 15) is 0 Å². The van der Waals surface area contributed by atoms with Gasteiger partial charge in [0.1, 0.15) is 11.8 Å². The SMILES string of the molecule is CC1(C)OB(C(=Cc2ccnc(C#N)c2)CS)OC1(C)C. The van der Waals surface area contributed by atoms with Gasteiger partial charge in [0.2, 0.25) is 0 Å². The number of nitrogens with zero attached hydrogens (tertiary/aromatic N) is 2. The first-order valence-corrected chi connectivity index (χ1v) is 7.45. The van der Waals surface area contributed by atoms with Crippen LogP contribution in [0.25, 0.3) is 6.08 Å². The van der Waals surface area contributed by atoms with E-state index in [1.165, 1.54) is 0 Å². The Hall–Kier alpha value is -1.29. The van der Waals surface area contributed by atoms with Crippen molar-refractivity contribution in [1.82, 2.24) is 4.98 Å². The van der Waals surface area contributed by atoms with Crippen molar-refractivity contribution in [3.05, 3.63) is 35.1 Å². The first kappa shape index (κ1) is 16.1. The lowest BCUT2D eigenvalue weighted by molar-refractivity contribution is 0.00578. The molecule has 0 amide bonds. The molecule has 0 aliphatic carbocycles. The maximum atomic E-state index is 8.90. The van der Waals surface area contributed by atoms with Gasteiger partial charge in [-0.05, 0) is 50.9 Å². The van der Waals surface area contributed by atoms with Gasteiger partial charge in [-0.3, -0.25) is 0 Å². The smallest absolute Gasteiger partial charge is 0.400 e. The first-order chi connectivity index (χ1) is 9.79. The summed E-state index contributed by atoms with van der Waals surface area (Å²) in [6.07, 6.45) is 3.56. The summed E-state index contributed by atoms with van der Waals surface area (Å²) < 4.78 is 12.1. The van der Waals surface area contributed by atoms with Gasteiger partial charge in [0.15, 0.2) is 0 Å². The van der Waals surface area contributed by atoms with Crippen LogP contribution in [0.15, 0.2) is 23.8 Å². The van der Waals surface area contributed by atoms with Gasteiger partial charge in [0.05, 0.1) is 11.2 Å². The van der Waals surface area contributed by atoms with Crippen LogP contribution in [-0.4, -0.2) is 29.1 Å². The zero-order chi connectivity index (χ0) is 15.7. The zero-order valence-electron chi connectivity index (χ0n) is 12.8. The van der Waals surface area contributed by atoms with Crippen molar-refractivity contribution in [2.45, 2.75) is 38.9 Å². The maximum absolute atomic E-state index is 8.90. The molecule has 4 nitrogen and oxygen atoms in total. The molecule has 21 heavy (non-hydrogen) atoms. The molecule has 2 rings (SSSR count). The van der Waals surface area contributed by atoms with Crippen molar-refractivity contribution in [2.75, 3.05) is 5.75 Å². The summed E-state index contributed by atoms with van der Waals surface area (Å²) in [5.41, 5.74) is 1.44. The van der Waals surface area contributed by atoms with E-state index in [-0.39, 0.29) is 11.2 Å². The second-order valence-electron chi connectivity index (χ2n) is 6.05. The number of rotatable bonds is 3. The molecule has 0 aromatic carbocycles. The van der Waals surface area contributed by atoms with Crippen molar-refractivity contribution >= 4 is 25.8 Å². The average molecular weight is 302 g/mol. The van der Waals surface area contributed by atoms with Crippen LogP contribution in [0, 0.1) is 11.3 Å². The number of hydrogen-bond donors (Lipinski definition) is 1. The second kappa shape index (κ2) is 5.84. The third-order valence-corrected chi connectivity index (χ3v) is 4.35. The third-order valence-electron chi connectivity index (χ3n) is 3.99. The highest BCUT2D eigenvalue weighted by atomic mass is 32.1. The Kier molecular flexibility index (Phi) is 4.47. The van der Waals surface area contributed by atoms with Crippen LogP contribution in [0.1, 0.15) is 39.0 Å². The summed E-state index contributed by atoms with van der Waals surface area (Å²) in [7, 11) is -0.425. The topological polar surface area (TPSA) is 55.1 Å². The maximum Gasteiger partial charge on any atom is 0.491 e. The van der Waals surface area contributed by atoms with Crippen LogP contribution in [0.5, 0.6) is 0 Å². The molecule has 1 fully saturated rings. The fourth-order valence-corrected chi connectivity index (χ4v) is 2.23. The average Bonchev–Trinajstić information content (AvgIpc) is 2.65. The summed E-state index contributed by atoms with van der Waals surface area (Å²) in [5.74, 6) is 0.515. The summed E-state index contributed by atoms with van der Waals surface area (Å²) in [4.78, 5) is 3.96. The Morgan fingerprint density at radius 1 is 1.38 bits per heavy atom. The summed E-state index contributed by atoms with van der Waals surface area (Å²) in [6.45, 7) is 8.07. The van der Waals surface area contributed by atoms with Gasteiger partial charge in [0, 0.05) is 11.9 Å². The number of pyridine rings is 1. The van der Waals surface area contributed by atoms with Gasteiger partial charge in [-0.2, -0.15) is 17.9 Å². The van der Waals surface area contributed by atoms with E-state index in [1.54, 1.807) is 12.3 Å². The molecular formula is C15H19BN2O2S. The highest BCUT2D eigenvalue weighted by molar-refractivity contribution is 7.80. The predicted molar refractivity (Wildman–Crippen MR) is 86.9 cm³/mol. The number of aromatic nitrogens is 1. The van der Waals surface area contributed by atoms with Crippen LogP contribution in [0.2, 0.25) is 0 Å². The highest BCUT2D eigenvalue weighted by Crippen LogP contribution is 2.38. The number of hydrogen-bond acceptors (Lipinski definition) is 5. The van der Waals surface area contributed by atoms with Crippen LogP contribution >= 0.6 is 12.6 Å². The minimum Gasteiger partial charge on any atom is -0.400 e. The van der Waals surface area contributed by atoms with E-state index in [0.717, 1.165) is 11.0 Å². The van der Waals surface area contributed by atoms with Crippen LogP contribution in [0.4, 0.5) is 0 Å². The van der Waals surface area contributed by atoms with E-state index >= 15 is 0 Å². The minimum absolute atomic E-state index is 0.379. The molecular weight excluding hydrogens is 283 g/mol. The van der Waals surface area contributed by atoms with E-state index in [1.807, 2.05) is 45.9 Å². The van der Waals surface area contributed by atoms with Crippen molar-refractivity contribution in [3.63, 3.8) is 0 Å². The lowest BCUT2D eigenvalue weighted by atomic mass is 9.78. The Bertz CT molecular complexity index is 592. The van der Waals surface area contributed by atoms with E-state index in [0.29, 0.717) is 11.4 Å². The van der Waals surface area contributed by atoms with E-state index in [4.69, 9.17) is 14.6 Å². The Labute approximate surface area is 131 Å². The molecule has 6 heteroatoms. The monoisotopic (exact) mass is 302 g/mol. The lowest BCUT2D eigenvalue weighted by Crippen LogP contribution is -2.41. The molecule has 1 aliphatic heterocycles. The normalized spacial score (nSPS) is 20.4. The molecule has 0 unspecified atom stereocenters. The van der Waals surface area contributed by atoms with E-state index < -0.39 is 7.12 Å². The van der Waals surface area contributed by atoms with E-state index in [2.05, 4.69) is 17.6 Å². The zero-order valence-corrected chi connectivity index (χ0v) is 13.6. The molecule has 0 saturated carbocycles. The largest absolute Gasteiger partial charge is 0.491 e. The molecule has 0 radical (unpaired) electrons. The van der Waals surface area contributed by atoms with Crippen molar-refractivity contribution in [3.8, 4) is 6.07 Å². The fourth-order valence-electron chi connectivity index (χ4n) is 1.99. The quantitative estimate of drug-likeness (QED) is 0.689. The molecule has 1 aliphatic rings. The molecule has 0 atom stereocenters. The van der Waals surface area contributed by atoms with Crippen LogP contribution in [-0.2, 0) is 9.31 Å². The second-order valence-corrected chi connectivity index (χ2v) is 6.37. The molecule has 0 N–H and O–H groups in total. The van der Waals surface area contributed by atoms with Gasteiger partial charge >= 0.3 is 7.12 Å². The molecule has 0 spiro atoms. The van der Waals surface area contributed by atoms with Gasteiger partial charge in [-0.15, -0.1) is 0 Å². The predicted octanol–water partition coefficient (Wildman–Crippen LogP) is 2.90. The minimum atomic E-state index is -0.425. The molecule has 1 saturated heterocycles. The molecule has 1 aromatic heterocycles. The molecule has 2 heterocycles. The van der Waals surface area contributed by atoms with Crippen LogP contribution in [0.3, 0.4) is 0 Å². The van der Waals surface area contributed by atoms with Gasteiger partial charge in [-0.25, -0.2) is 4.98 Å². The summed E-state index contributed by atoms with van der Waals surface area (Å²) in [6, 6.07) is 5.61. The van der Waals surface area contributed by atoms with Gasteiger partial charge in [-0.1, -0.05) is 6.08 Å². The summed E-state index contributed by atoms with van der Waals surface area (Å²) >= 11 is 4.37. The standard InChI is InChI=1S/C15H19BN2O2S/c1-14(2)15(3,4)20-16(19-14)12(10-21)7-11-5-6-18-13(8-11)9-17/h5-8,21H,10H2,1-4H3. The Morgan fingerprint density at radius 3 is 2.52 bits per heavy atom. The number of thiol groups is 1. The van der Waals surface area contributed by atoms with Gasteiger partial charge in [0.25, 0.3) is 0 Å². The third kappa shape index (κ3) is 3.32. The van der Waals surface area contributed by atoms with Crippen molar-refractivity contribution in [1.29, 1.82) is 5.26 Å². The highest BCUT2D eigenvalue weighted by Gasteiger charge is 2.52. The van der Waals surface area contributed by atoms with Crippen molar-refractivity contribution in [2.24, 2.45) is 0 Å². The lowest BCUT2D eigenvalue weighted by Gasteiger charge is -2.32. The molecule has 1 aromatic rings.